The lowest BCUT2D eigenvalue weighted by atomic mass is 9.82. The van der Waals surface area contributed by atoms with E-state index in [1.165, 1.54) is 17.8 Å². The highest BCUT2D eigenvalue weighted by atomic mass is 32.2. The van der Waals surface area contributed by atoms with E-state index in [0.29, 0.717) is 44.2 Å². The smallest absolute Gasteiger partial charge is 0.410 e. The lowest BCUT2D eigenvalue weighted by molar-refractivity contribution is -0.0337. The van der Waals surface area contributed by atoms with Gasteiger partial charge in [-0.25, -0.2) is 13.2 Å². The molecule has 1 saturated carbocycles. The van der Waals surface area contributed by atoms with Gasteiger partial charge in [0.1, 0.15) is 10.6 Å². The molecule has 1 amide bonds. The van der Waals surface area contributed by atoms with Crippen molar-refractivity contribution < 1.29 is 22.7 Å². The number of sulfonamides is 1. The lowest BCUT2D eigenvalue weighted by Gasteiger charge is -2.48. The molecule has 29 heavy (non-hydrogen) atoms. The number of ether oxygens (including phenoxy) is 2. The second-order valence-electron chi connectivity index (χ2n) is 8.39. The highest BCUT2D eigenvalue weighted by molar-refractivity contribution is 7.89. The summed E-state index contributed by atoms with van der Waals surface area (Å²) in [5.74, 6) is 0.789. The Labute approximate surface area is 173 Å². The van der Waals surface area contributed by atoms with E-state index < -0.39 is 10.0 Å². The first-order chi connectivity index (χ1) is 13.9. The molecule has 3 aliphatic rings. The molecule has 8 heteroatoms. The van der Waals surface area contributed by atoms with Crippen LogP contribution in [-0.4, -0.2) is 62.6 Å². The van der Waals surface area contributed by atoms with Gasteiger partial charge < -0.3 is 14.4 Å². The topological polar surface area (TPSA) is 76.2 Å². The molecule has 1 aromatic rings. The average Bonchev–Trinajstić information content (AvgIpc) is 2.73. The second kappa shape index (κ2) is 8.14. The molecule has 2 heterocycles. The van der Waals surface area contributed by atoms with Crippen molar-refractivity contribution in [3.63, 3.8) is 0 Å². The number of benzene rings is 1. The molecule has 160 valence electrons. The van der Waals surface area contributed by atoms with E-state index in [1.54, 1.807) is 18.2 Å². The number of hydrogen-bond donors (Lipinski definition) is 0. The van der Waals surface area contributed by atoms with Crippen LogP contribution in [0.3, 0.4) is 0 Å². The standard InChI is InChI=1S/C21H30N2O5S/c1-15-7-8-20(19(13-15)27-2)29(25,26)22-11-9-17(10-12-22)23-18-6-4-3-5-16(18)14-28-21(23)24/h7-8,13,16-18H,3-6,9-12,14H2,1-2H3/t16?,18-/m0/s1. The summed E-state index contributed by atoms with van der Waals surface area (Å²) in [6, 6.07) is 5.43. The Morgan fingerprint density at radius 1 is 1.10 bits per heavy atom. The van der Waals surface area contributed by atoms with Crippen LogP contribution in [-0.2, 0) is 14.8 Å². The van der Waals surface area contributed by atoms with Crippen molar-refractivity contribution in [3.8, 4) is 5.75 Å². The van der Waals surface area contributed by atoms with Gasteiger partial charge in [0.15, 0.2) is 0 Å². The third-order valence-corrected chi connectivity index (χ3v) is 8.55. The van der Waals surface area contributed by atoms with E-state index in [2.05, 4.69) is 0 Å². The molecule has 0 radical (unpaired) electrons. The molecular formula is C21H30N2O5S. The first-order valence-electron chi connectivity index (χ1n) is 10.5. The van der Waals surface area contributed by atoms with Gasteiger partial charge in [-0.15, -0.1) is 0 Å². The maximum Gasteiger partial charge on any atom is 0.410 e. The van der Waals surface area contributed by atoms with Crippen molar-refractivity contribution in [2.24, 2.45) is 5.92 Å². The van der Waals surface area contributed by atoms with E-state index in [4.69, 9.17) is 9.47 Å². The fourth-order valence-electron chi connectivity index (χ4n) is 5.04. The summed E-state index contributed by atoms with van der Waals surface area (Å²) in [5, 5.41) is 0. The second-order valence-corrected chi connectivity index (χ2v) is 10.3. The van der Waals surface area contributed by atoms with E-state index >= 15 is 0 Å². The van der Waals surface area contributed by atoms with E-state index in [0.717, 1.165) is 24.8 Å². The Hall–Kier alpha value is -1.80. The number of fused-ring (bicyclic) bond motifs is 1. The monoisotopic (exact) mass is 422 g/mol. The van der Waals surface area contributed by atoms with Crippen LogP contribution in [0.25, 0.3) is 0 Å². The lowest BCUT2D eigenvalue weighted by Crippen LogP contribution is -2.58. The summed E-state index contributed by atoms with van der Waals surface area (Å²) in [6.07, 6.45) is 5.51. The van der Waals surface area contributed by atoms with E-state index in [9.17, 15) is 13.2 Å². The quantitative estimate of drug-likeness (QED) is 0.745. The fraction of sp³-hybridized carbons (Fsp3) is 0.667. The minimum atomic E-state index is -3.64. The number of carbonyl (C=O) groups is 1. The van der Waals surface area contributed by atoms with Crippen LogP contribution in [0, 0.1) is 12.8 Å². The van der Waals surface area contributed by atoms with Crippen LogP contribution < -0.4 is 4.74 Å². The van der Waals surface area contributed by atoms with Crippen LogP contribution in [0.1, 0.15) is 44.1 Å². The molecule has 0 N–H and O–H groups in total. The molecule has 0 bridgehead atoms. The van der Waals surface area contributed by atoms with Gasteiger partial charge in [-0.05, 0) is 50.3 Å². The summed E-state index contributed by atoms with van der Waals surface area (Å²) in [4.78, 5) is 14.7. The first kappa shape index (κ1) is 20.5. The third kappa shape index (κ3) is 3.84. The van der Waals surface area contributed by atoms with Crippen molar-refractivity contribution in [2.45, 2.75) is 62.4 Å². The highest BCUT2D eigenvalue weighted by Gasteiger charge is 2.43. The summed E-state index contributed by atoms with van der Waals surface area (Å²) >= 11 is 0. The zero-order chi connectivity index (χ0) is 20.6. The van der Waals surface area contributed by atoms with Crippen molar-refractivity contribution in [1.29, 1.82) is 0 Å². The maximum atomic E-state index is 13.2. The number of cyclic esters (lactones) is 1. The van der Waals surface area contributed by atoms with Gasteiger partial charge in [0.2, 0.25) is 10.0 Å². The molecule has 3 fully saturated rings. The average molecular weight is 423 g/mol. The molecule has 2 aliphatic heterocycles. The fourth-order valence-corrected chi connectivity index (χ4v) is 6.65. The minimum Gasteiger partial charge on any atom is -0.495 e. The van der Waals surface area contributed by atoms with Gasteiger partial charge in [0.05, 0.1) is 13.7 Å². The van der Waals surface area contributed by atoms with Gasteiger partial charge in [-0.2, -0.15) is 4.31 Å². The Morgan fingerprint density at radius 3 is 2.55 bits per heavy atom. The van der Waals surface area contributed by atoms with Gasteiger partial charge >= 0.3 is 6.09 Å². The largest absolute Gasteiger partial charge is 0.495 e. The van der Waals surface area contributed by atoms with Crippen LogP contribution in [0.2, 0.25) is 0 Å². The molecule has 7 nitrogen and oxygen atoms in total. The van der Waals surface area contributed by atoms with Crippen molar-refractivity contribution in [2.75, 3.05) is 26.8 Å². The Balaban J connectivity index is 1.48. The Bertz CT molecular complexity index is 864. The van der Waals surface area contributed by atoms with Gasteiger partial charge in [-0.1, -0.05) is 18.9 Å². The van der Waals surface area contributed by atoms with Crippen LogP contribution in [0.5, 0.6) is 5.75 Å². The predicted octanol–water partition coefficient (Wildman–Crippen LogP) is 3.17. The van der Waals surface area contributed by atoms with E-state index in [1.807, 2.05) is 11.8 Å². The van der Waals surface area contributed by atoms with Crippen LogP contribution >= 0.6 is 0 Å². The molecule has 0 aromatic heterocycles. The number of nitrogens with zero attached hydrogens (tertiary/aromatic N) is 2. The molecule has 2 atom stereocenters. The summed E-state index contributed by atoms with van der Waals surface area (Å²) in [6.45, 7) is 3.22. The van der Waals surface area contributed by atoms with Crippen molar-refractivity contribution >= 4 is 16.1 Å². The van der Waals surface area contributed by atoms with Crippen LogP contribution in [0.15, 0.2) is 23.1 Å². The number of carbonyl (C=O) groups excluding carboxylic acids is 1. The number of methoxy groups -OCH3 is 1. The number of piperidine rings is 1. The Morgan fingerprint density at radius 2 is 1.83 bits per heavy atom. The van der Waals surface area contributed by atoms with Crippen molar-refractivity contribution in [3.05, 3.63) is 23.8 Å². The number of hydrogen-bond acceptors (Lipinski definition) is 5. The number of rotatable bonds is 4. The predicted molar refractivity (Wildman–Crippen MR) is 108 cm³/mol. The molecular weight excluding hydrogens is 392 g/mol. The Kier molecular flexibility index (Phi) is 5.75. The molecule has 4 rings (SSSR count). The zero-order valence-electron chi connectivity index (χ0n) is 17.2. The number of amides is 1. The maximum absolute atomic E-state index is 13.2. The molecule has 1 aromatic carbocycles. The molecule has 0 spiro atoms. The third-order valence-electron chi connectivity index (χ3n) is 6.61. The normalized spacial score (nSPS) is 26.7. The number of aryl methyl sites for hydroxylation is 1. The molecule has 1 aliphatic carbocycles. The van der Waals surface area contributed by atoms with Gasteiger partial charge in [0.25, 0.3) is 0 Å². The first-order valence-corrected chi connectivity index (χ1v) is 12.0. The highest BCUT2D eigenvalue weighted by Crippen LogP contribution is 2.36. The van der Waals surface area contributed by atoms with Gasteiger partial charge in [-0.3, -0.25) is 0 Å². The summed E-state index contributed by atoms with van der Waals surface area (Å²) < 4.78 is 38.7. The van der Waals surface area contributed by atoms with E-state index in [-0.39, 0.29) is 23.1 Å². The van der Waals surface area contributed by atoms with Gasteiger partial charge in [0, 0.05) is 31.1 Å². The van der Waals surface area contributed by atoms with Crippen molar-refractivity contribution in [1.82, 2.24) is 9.21 Å². The summed E-state index contributed by atoms with van der Waals surface area (Å²) in [7, 11) is -2.15. The SMILES string of the molecule is COc1cc(C)ccc1S(=O)(=O)N1CCC(N2C(=O)OCC3CCCC[C@@H]32)CC1. The minimum absolute atomic E-state index is 0.0414. The van der Waals surface area contributed by atoms with Crippen LogP contribution in [0.4, 0.5) is 4.79 Å². The zero-order valence-corrected chi connectivity index (χ0v) is 18.0. The molecule has 2 saturated heterocycles. The summed E-state index contributed by atoms with van der Waals surface area (Å²) in [5.41, 5.74) is 0.949. The molecule has 1 unspecified atom stereocenters.